The lowest BCUT2D eigenvalue weighted by molar-refractivity contribution is -0.136. The van der Waals surface area contributed by atoms with Gasteiger partial charge in [-0.1, -0.05) is 51.1 Å². The van der Waals surface area contributed by atoms with Crippen LogP contribution < -0.4 is 4.90 Å². The molecule has 1 fully saturated rings. The average molecular weight is 626 g/mol. The Hall–Kier alpha value is -4.04. The monoisotopic (exact) mass is 625 g/mol. The largest absolute Gasteiger partial charge is 0.481 e. The smallest absolute Gasteiger partial charge is 0.308 e. The van der Waals surface area contributed by atoms with Crippen LogP contribution in [0, 0.1) is 12.3 Å². The summed E-state index contributed by atoms with van der Waals surface area (Å²) >= 11 is 0. The number of fused-ring (bicyclic) bond motifs is 6. The van der Waals surface area contributed by atoms with Crippen LogP contribution in [0.2, 0.25) is 0 Å². The van der Waals surface area contributed by atoms with E-state index in [1.807, 2.05) is 43.7 Å². The topological polar surface area (TPSA) is 104 Å². The maximum atomic E-state index is 11.9. The highest BCUT2D eigenvalue weighted by atomic mass is 16.4. The molecular weight excluding hydrogens is 574 g/mol. The third-order valence-corrected chi connectivity index (χ3v) is 8.52. The van der Waals surface area contributed by atoms with Crippen molar-refractivity contribution in [1.82, 2.24) is 19.6 Å². The number of hydrogen-bond acceptors (Lipinski definition) is 6. The molecule has 3 aliphatic rings. The highest BCUT2D eigenvalue weighted by Gasteiger charge is 2.32. The van der Waals surface area contributed by atoms with Crippen LogP contribution in [0.1, 0.15) is 90.5 Å². The lowest BCUT2D eigenvalue weighted by Gasteiger charge is -2.41. The first-order chi connectivity index (χ1) is 21.9. The molecule has 7 rings (SSSR count). The number of pyridine rings is 1. The molecule has 0 spiro atoms. The Labute approximate surface area is 274 Å². The number of rotatable bonds is 2. The number of aromatic nitrogens is 4. The van der Waals surface area contributed by atoms with Crippen LogP contribution in [0.25, 0.3) is 28.0 Å². The van der Waals surface area contributed by atoms with Crippen molar-refractivity contribution in [3.8, 4) is 22.4 Å². The van der Waals surface area contributed by atoms with Crippen molar-refractivity contribution in [2.75, 3.05) is 18.0 Å². The van der Waals surface area contributed by atoms with Crippen molar-refractivity contribution in [1.29, 1.82) is 0 Å². The number of benzene rings is 1. The molecule has 0 saturated carbocycles. The van der Waals surface area contributed by atoms with Gasteiger partial charge >= 0.3 is 5.97 Å². The second kappa shape index (κ2) is 15.0. The fourth-order valence-corrected chi connectivity index (χ4v) is 6.12. The minimum Gasteiger partial charge on any atom is -0.481 e. The van der Waals surface area contributed by atoms with Gasteiger partial charge in [0.25, 0.3) is 0 Å². The first-order valence-corrected chi connectivity index (χ1v) is 16.7. The van der Waals surface area contributed by atoms with E-state index in [1.54, 1.807) is 20.8 Å². The van der Waals surface area contributed by atoms with Gasteiger partial charge in [0.05, 0.1) is 17.7 Å². The predicted molar refractivity (Wildman–Crippen MR) is 187 cm³/mol. The molecule has 0 atom stereocenters. The third-order valence-electron chi connectivity index (χ3n) is 8.52. The summed E-state index contributed by atoms with van der Waals surface area (Å²) in [4.78, 5) is 23.5. The van der Waals surface area contributed by atoms with Crippen LogP contribution in [-0.2, 0) is 17.6 Å². The number of carbonyl (C=O) groups is 1. The van der Waals surface area contributed by atoms with E-state index in [0.717, 1.165) is 96.7 Å². The second-order valence-corrected chi connectivity index (χ2v) is 13.5. The van der Waals surface area contributed by atoms with E-state index < -0.39 is 11.6 Å². The zero-order valence-electron chi connectivity index (χ0n) is 28.7. The fraction of sp³-hybridized carbons (Fsp3) is 0.474. The Morgan fingerprint density at radius 3 is 2.37 bits per heavy atom. The molecule has 0 amide bonds. The lowest BCUT2D eigenvalue weighted by atomic mass is 9.76. The van der Waals surface area contributed by atoms with Crippen LogP contribution in [0.5, 0.6) is 0 Å². The summed E-state index contributed by atoms with van der Waals surface area (Å²) in [7, 11) is 0. The summed E-state index contributed by atoms with van der Waals surface area (Å²) < 4.78 is 1.88. The summed E-state index contributed by atoms with van der Waals surface area (Å²) in [5, 5.41) is 23.3. The Kier molecular flexibility index (Phi) is 11.4. The van der Waals surface area contributed by atoms with Crippen molar-refractivity contribution in [2.45, 2.75) is 99.0 Å². The molecular formula is C38H51N5O3. The average Bonchev–Trinajstić information content (AvgIpc) is 3.43. The van der Waals surface area contributed by atoms with E-state index in [1.165, 1.54) is 5.56 Å². The zero-order valence-corrected chi connectivity index (χ0v) is 28.7. The molecule has 1 aromatic carbocycles. The highest BCUT2D eigenvalue weighted by Crippen LogP contribution is 2.39. The summed E-state index contributed by atoms with van der Waals surface area (Å²) in [5.74, 6) is 0.0173. The van der Waals surface area contributed by atoms with Crippen LogP contribution in [-0.4, -0.2) is 54.5 Å². The number of carboxylic acid groups (broad SMARTS) is 1. The van der Waals surface area contributed by atoms with Crippen LogP contribution in [0.3, 0.4) is 0 Å². The fourth-order valence-electron chi connectivity index (χ4n) is 6.12. The highest BCUT2D eigenvalue weighted by molar-refractivity contribution is 5.77. The standard InChI is InChI=1S/C32H35N5O2.C4H10O.C2H6/c1-22-26(19-30(38)39)31-36-16-13-32(2,14-17-36)12-6-4-3-5-8-23-11-15-33-21-27(23)24-9-7-10-25(18-24)28-20-29(34-22)37(31)35-28;1-4(2,3)5;1-2/h3-4,7,9-11,15,18,20-21H,5-6,8,12-14,16-17,19H2,1-2H3,(H,38,39);5H,1-3H3;1-2H3/b4-3-;;. The SMILES string of the molecule is CC.CC(C)(C)O.Cc1nc2cc3nn2c(c1CC(=O)O)N1CCC(C)(CC/C=C\CCc2ccncc2-c2cccc-3c2)CC1. The molecule has 0 radical (unpaired) electrons. The maximum absolute atomic E-state index is 11.9. The number of allylic oxidation sites excluding steroid dienone is 2. The normalized spacial score (nSPS) is 16.6. The van der Waals surface area contributed by atoms with Gasteiger partial charge in [-0.3, -0.25) is 9.78 Å². The molecule has 3 aliphatic heterocycles. The van der Waals surface area contributed by atoms with E-state index in [2.05, 4.69) is 59.3 Å². The first kappa shape index (κ1) is 34.8. The van der Waals surface area contributed by atoms with Crippen LogP contribution >= 0.6 is 0 Å². The van der Waals surface area contributed by atoms with E-state index in [9.17, 15) is 9.90 Å². The quantitative estimate of drug-likeness (QED) is 0.217. The van der Waals surface area contributed by atoms with Gasteiger partial charge in [0.2, 0.25) is 0 Å². The molecule has 8 heteroatoms. The number of aliphatic hydroxyl groups is 1. The first-order valence-electron chi connectivity index (χ1n) is 16.7. The second-order valence-electron chi connectivity index (χ2n) is 13.5. The number of aryl methyl sites for hydroxylation is 2. The Morgan fingerprint density at radius 2 is 1.67 bits per heavy atom. The van der Waals surface area contributed by atoms with Crippen molar-refractivity contribution >= 4 is 17.4 Å². The van der Waals surface area contributed by atoms with Crippen LogP contribution in [0.4, 0.5) is 5.82 Å². The van der Waals surface area contributed by atoms with Gasteiger partial charge in [0, 0.05) is 53.9 Å². The summed E-state index contributed by atoms with van der Waals surface area (Å²) in [6.07, 6.45) is 14.8. The molecule has 0 aliphatic carbocycles. The molecule has 46 heavy (non-hydrogen) atoms. The molecule has 1 saturated heterocycles. The minimum absolute atomic E-state index is 0.0723. The molecule has 3 aromatic heterocycles. The van der Waals surface area contributed by atoms with E-state index in [4.69, 9.17) is 15.2 Å². The maximum Gasteiger partial charge on any atom is 0.308 e. The number of anilines is 1. The predicted octanol–water partition coefficient (Wildman–Crippen LogP) is 8.09. The van der Waals surface area contributed by atoms with Gasteiger partial charge in [-0.2, -0.15) is 9.61 Å². The summed E-state index contributed by atoms with van der Waals surface area (Å²) in [6.45, 7) is 15.3. The molecule has 2 N–H and O–H groups in total. The summed E-state index contributed by atoms with van der Waals surface area (Å²) in [5.41, 5.74) is 7.38. The van der Waals surface area contributed by atoms with Crippen molar-refractivity contribution in [2.24, 2.45) is 5.41 Å². The van der Waals surface area contributed by atoms with Crippen molar-refractivity contribution in [3.05, 3.63) is 77.8 Å². The third kappa shape index (κ3) is 8.81. The molecule has 8 nitrogen and oxygen atoms in total. The van der Waals surface area contributed by atoms with Crippen molar-refractivity contribution < 1.29 is 15.0 Å². The van der Waals surface area contributed by atoms with E-state index in [-0.39, 0.29) is 11.8 Å². The lowest BCUT2D eigenvalue weighted by Crippen LogP contribution is -2.40. The van der Waals surface area contributed by atoms with E-state index in [0.29, 0.717) is 0 Å². The molecule has 4 aromatic rings. The Bertz CT molecular complexity index is 1650. The number of carboxylic acids is 1. The van der Waals surface area contributed by atoms with Gasteiger partial charge in [-0.25, -0.2) is 4.98 Å². The van der Waals surface area contributed by atoms with Gasteiger partial charge < -0.3 is 15.1 Å². The zero-order chi connectivity index (χ0) is 33.5. The van der Waals surface area contributed by atoms with Gasteiger partial charge in [-0.15, -0.1) is 0 Å². The number of hydrogen-bond donors (Lipinski definition) is 2. The molecule has 246 valence electrons. The Balaban J connectivity index is 0.000000628. The molecule has 6 bridgehead atoms. The van der Waals surface area contributed by atoms with Crippen molar-refractivity contribution in [3.63, 3.8) is 0 Å². The van der Waals surface area contributed by atoms with Gasteiger partial charge in [-0.05, 0) is 94.9 Å². The molecule has 6 heterocycles. The molecule has 0 unspecified atom stereocenters. The number of aliphatic carboxylic acids is 1. The minimum atomic E-state index is -0.855. The van der Waals surface area contributed by atoms with Gasteiger partial charge in [0.15, 0.2) is 5.65 Å². The van der Waals surface area contributed by atoms with Gasteiger partial charge in [0.1, 0.15) is 5.82 Å². The van der Waals surface area contributed by atoms with Crippen LogP contribution in [0.15, 0.2) is 60.9 Å². The number of nitrogens with zero attached hydrogens (tertiary/aromatic N) is 5. The number of piperidine rings is 1. The van der Waals surface area contributed by atoms with E-state index >= 15 is 0 Å². The Morgan fingerprint density at radius 1 is 1.00 bits per heavy atom. The summed E-state index contributed by atoms with van der Waals surface area (Å²) in [6, 6.07) is 12.6.